The van der Waals surface area contributed by atoms with Gasteiger partial charge in [-0.05, 0) is 50.4 Å². The van der Waals surface area contributed by atoms with Gasteiger partial charge in [-0.3, -0.25) is 10.6 Å². The van der Waals surface area contributed by atoms with Gasteiger partial charge in [0, 0.05) is 23.7 Å². The molecule has 0 aliphatic carbocycles. The zero-order chi connectivity index (χ0) is 14.8. The summed E-state index contributed by atoms with van der Waals surface area (Å²) in [5.74, 6) is 5.35. The molecule has 0 radical (unpaired) electrons. The second-order valence-corrected chi connectivity index (χ2v) is 6.30. The Morgan fingerprint density at radius 1 is 1.33 bits per heavy atom. The maximum Gasteiger partial charge on any atom is 0.253 e. The summed E-state index contributed by atoms with van der Waals surface area (Å²) in [5.41, 5.74) is 3.64. The summed E-state index contributed by atoms with van der Waals surface area (Å²) in [7, 11) is 0. The van der Waals surface area contributed by atoms with Gasteiger partial charge < -0.3 is 15.6 Å². The maximum atomic E-state index is 12.5. The number of rotatable bonds is 3. The van der Waals surface area contributed by atoms with E-state index in [9.17, 15) is 4.79 Å². The summed E-state index contributed by atoms with van der Waals surface area (Å²) in [6.07, 6.45) is 4.58. The first-order chi connectivity index (χ1) is 10.2. The Bertz CT molecular complexity index is 536. The Morgan fingerprint density at radius 2 is 2.19 bits per heavy atom. The SMILES string of the molecule is NNc1ccc(Cl)cc1C(=O)NC1CCN2CCCC2C1. The Labute approximate surface area is 129 Å². The number of carbonyl (C=O) groups excluding carboxylic acids is 1. The minimum Gasteiger partial charge on any atom is -0.349 e. The van der Waals surface area contributed by atoms with E-state index in [4.69, 9.17) is 17.4 Å². The summed E-state index contributed by atoms with van der Waals surface area (Å²) >= 11 is 5.98. The fraction of sp³-hybridized carbons (Fsp3) is 0.533. The predicted molar refractivity (Wildman–Crippen MR) is 84.3 cm³/mol. The first-order valence-electron chi connectivity index (χ1n) is 7.48. The van der Waals surface area contributed by atoms with E-state index in [1.54, 1.807) is 18.2 Å². The molecule has 0 bridgehead atoms. The highest BCUT2D eigenvalue weighted by molar-refractivity contribution is 6.31. The predicted octanol–water partition coefficient (Wildman–Crippen LogP) is 1.98. The third-order valence-corrected chi connectivity index (χ3v) is 4.77. The second-order valence-electron chi connectivity index (χ2n) is 5.86. The van der Waals surface area contributed by atoms with Crippen LogP contribution in [0.2, 0.25) is 5.02 Å². The number of hydrogen-bond donors (Lipinski definition) is 3. The molecule has 2 aliphatic heterocycles. The molecular formula is C15H21ClN4O. The molecule has 2 atom stereocenters. The van der Waals surface area contributed by atoms with E-state index in [0.29, 0.717) is 22.3 Å². The van der Waals surface area contributed by atoms with Crippen LogP contribution in [0.3, 0.4) is 0 Å². The molecule has 2 heterocycles. The highest BCUT2D eigenvalue weighted by Crippen LogP contribution is 2.27. The van der Waals surface area contributed by atoms with Crippen molar-refractivity contribution in [3.63, 3.8) is 0 Å². The smallest absolute Gasteiger partial charge is 0.253 e. The van der Waals surface area contributed by atoms with E-state index >= 15 is 0 Å². The quantitative estimate of drug-likeness (QED) is 0.590. The molecule has 3 rings (SSSR count). The molecule has 2 unspecified atom stereocenters. The van der Waals surface area contributed by atoms with Gasteiger partial charge in [0.2, 0.25) is 0 Å². The number of piperidine rings is 1. The Kier molecular flexibility index (Phi) is 4.33. The zero-order valence-electron chi connectivity index (χ0n) is 11.9. The number of carbonyl (C=O) groups is 1. The maximum absolute atomic E-state index is 12.5. The molecule has 1 aromatic carbocycles. The van der Waals surface area contributed by atoms with Gasteiger partial charge in [-0.2, -0.15) is 0 Å². The van der Waals surface area contributed by atoms with Crippen molar-refractivity contribution >= 4 is 23.2 Å². The summed E-state index contributed by atoms with van der Waals surface area (Å²) in [5, 5.41) is 3.66. The largest absolute Gasteiger partial charge is 0.349 e. The molecule has 0 spiro atoms. The van der Waals surface area contributed by atoms with Gasteiger partial charge in [-0.15, -0.1) is 0 Å². The second kappa shape index (κ2) is 6.22. The molecule has 4 N–H and O–H groups in total. The highest BCUT2D eigenvalue weighted by atomic mass is 35.5. The summed E-state index contributed by atoms with van der Waals surface area (Å²) in [6.45, 7) is 2.29. The molecule has 2 fully saturated rings. The van der Waals surface area contributed by atoms with Crippen LogP contribution >= 0.6 is 11.6 Å². The van der Waals surface area contributed by atoms with E-state index < -0.39 is 0 Å². The van der Waals surface area contributed by atoms with Gasteiger partial charge in [-0.1, -0.05) is 11.6 Å². The van der Waals surface area contributed by atoms with Gasteiger partial charge in [0.1, 0.15) is 0 Å². The average Bonchev–Trinajstić information content (AvgIpc) is 2.94. The number of nitrogens with zero attached hydrogens (tertiary/aromatic N) is 1. The standard InChI is InChI=1S/C15H21ClN4O/c16-10-3-4-14(19-17)13(8-10)15(21)18-11-5-7-20-6-1-2-12(20)9-11/h3-4,8,11-12,19H,1-2,5-7,9,17H2,(H,18,21). The van der Waals surface area contributed by atoms with Crippen molar-refractivity contribution in [2.24, 2.45) is 5.84 Å². The van der Waals surface area contributed by atoms with Crippen LogP contribution in [0.1, 0.15) is 36.0 Å². The van der Waals surface area contributed by atoms with Crippen LogP contribution in [0.25, 0.3) is 0 Å². The van der Waals surface area contributed by atoms with E-state index in [-0.39, 0.29) is 11.9 Å². The van der Waals surface area contributed by atoms with E-state index in [0.717, 1.165) is 19.4 Å². The number of nitrogens with one attached hydrogen (secondary N) is 2. The third kappa shape index (κ3) is 3.15. The molecule has 2 aliphatic rings. The fourth-order valence-electron chi connectivity index (χ4n) is 3.45. The molecule has 2 saturated heterocycles. The Hall–Kier alpha value is -1.30. The minimum absolute atomic E-state index is 0.109. The van der Waals surface area contributed by atoms with Gasteiger partial charge >= 0.3 is 0 Å². The van der Waals surface area contributed by atoms with Crippen LogP contribution in [0.5, 0.6) is 0 Å². The van der Waals surface area contributed by atoms with Crippen LogP contribution in [-0.2, 0) is 0 Å². The van der Waals surface area contributed by atoms with E-state index in [2.05, 4.69) is 15.6 Å². The zero-order valence-corrected chi connectivity index (χ0v) is 12.7. The lowest BCUT2D eigenvalue weighted by Crippen LogP contribution is -2.47. The van der Waals surface area contributed by atoms with Gasteiger partial charge in [-0.25, -0.2) is 0 Å². The molecule has 0 aromatic heterocycles. The number of fused-ring (bicyclic) bond motifs is 1. The van der Waals surface area contributed by atoms with Gasteiger partial charge in [0.05, 0.1) is 11.3 Å². The van der Waals surface area contributed by atoms with Crippen molar-refractivity contribution in [2.45, 2.75) is 37.8 Å². The normalized spacial score (nSPS) is 25.4. The van der Waals surface area contributed by atoms with E-state index in [1.807, 2.05) is 0 Å². The van der Waals surface area contributed by atoms with Gasteiger partial charge in [0.15, 0.2) is 0 Å². The van der Waals surface area contributed by atoms with Crippen LogP contribution in [0, 0.1) is 0 Å². The number of anilines is 1. The van der Waals surface area contributed by atoms with E-state index in [1.165, 1.54) is 19.4 Å². The first-order valence-corrected chi connectivity index (χ1v) is 7.86. The van der Waals surface area contributed by atoms with Crippen molar-refractivity contribution in [1.29, 1.82) is 0 Å². The third-order valence-electron chi connectivity index (χ3n) is 4.54. The summed E-state index contributed by atoms with van der Waals surface area (Å²) < 4.78 is 0. The molecule has 0 saturated carbocycles. The average molecular weight is 309 g/mol. The number of halogens is 1. The lowest BCUT2D eigenvalue weighted by Gasteiger charge is -2.35. The monoisotopic (exact) mass is 308 g/mol. The number of benzene rings is 1. The van der Waals surface area contributed by atoms with Crippen molar-refractivity contribution < 1.29 is 4.79 Å². The summed E-state index contributed by atoms with van der Waals surface area (Å²) in [4.78, 5) is 15.0. The molecule has 114 valence electrons. The number of hydrazine groups is 1. The molecule has 21 heavy (non-hydrogen) atoms. The van der Waals surface area contributed by atoms with Crippen LogP contribution in [0.15, 0.2) is 18.2 Å². The van der Waals surface area contributed by atoms with Crippen LogP contribution < -0.4 is 16.6 Å². The molecule has 1 aromatic rings. The molecular weight excluding hydrogens is 288 g/mol. The number of amides is 1. The Morgan fingerprint density at radius 3 is 3.00 bits per heavy atom. The number of hydrogen-bond acceptors (Lipinski definition) is 4. The molecule has 5 nitrogen and oxygen atoms in total. The number of nitrogens with two attached hydrogens (primary N) is 1. The molecule has 1 amide bonds. The van der Waals surface area contributed by atoms with Crippen LogP contribution in [-0.4, -0.2) is 36.0 Å². The van der Waals surface area contributed by atoms with Crippen molar-refractivity contribution in [1.82, 2.24) is 10.2 Å². The lowest BCUT2D eigenvalue weighted by molar-refractivity contribution is 0.0897. The van der Waals surface area contributed by atoms with Crippen molar-refractivity contribution in [3.05, 3.63) is 28.8 Å². The van der Waals surface area contributed by atoms with Crippen LogP contribution in [0.4, 0.5) is 5.69 Å². The fourth-order valence-corrected chi connectivity index (χ4v) is 3.62. The van der Waals surface area contributed by atoms with Crippen molar-refractivity contribution in [3.8, 4) is 0 Å². The van der Waals surface area contributed by atoms with Crippen molar-refractivity contribution in [2.75, 3.05) is 18.5 Å². The first kappa shape index (κ1) is 14.6. The summed E-state index contributed by atoms with van der Waals surface area (Å²) in [6, 6.07) is 5.95. The molecule has 6 heteroatoms. The lowest BCUT2D eigenvalue weighted by atomic mass is 9.97. The topological polar surface area (TPSA) is 70.4 Å². The Balaban J connectivity index is 1.67. The van der Waals surface area contributed by atoms with Gasteiger partial charge in [0.25, 0.3) is 5.91 Å². The minimum atomic E-state index is -0.109. The number of nitrogen functional groups attached to an aromatic ring is 1. The highest BCUT2D eigenvalue weighted by Gasteiger charge is 2.32.